The third-order valence-electron chi connectivity index (χ3n) is 5.82. The molecule has 3 aliphatic rings. The minimum atomic E-state index is -0.221. The fraction of sp³-hybridized carbons (Fsp3) is 0.824. The Labute approximate surface area is 142 Å². The van der Waals surface area contributed by atoms with Gasteiger partial charge in [0, 0.05) is 25.6 Å². The highest BCUT2D eigenvalue weighted by Crippen LogP contribution is 2.41. The van der Waals surface area contributed by atoms with Crippen molar-refractivity contribution in [3.05, 3.63) is 0 Å². The molecule has 0 aromatic heterocycles. The van der Waals surface area contributed by atoms with Crippen molar-refractivity contribution in [2.24, 2.45) is 17.8 Å². The molecule has 2 amide bonds. The summed E-state index contributed by atoms with van der Waals surface area (Å²) >= 11 is 0. The number of methoxy groups -OCH3 is 1. The smallest absolute Gasteiger partial charge is 0.409 e. The van der Waals surface area contributed by atoms with Crippen LogP contribution in [0.3, 0.4) is 0 Å². The molecular weight excluding hydrogens is 308 g/mol. The molecule has 3 unspecified atom stereocenters. The minimum Gasteiger partial charge on any atom is -0.453 e. The van der Waals surface area contributed by atoms with Gasteiger partial charge < -0.3 is 19.9 Å². The van der Waals surface area contributed by atoms with Gasteiger partial charge in [0.25, 0.3) is 5.91 Å². The molecule has 24 heavy (non-hydrogen) atoms. The number of hydrogen-bond donors (Lipinski definition) is 1. The Morgan fingerprint density at radius 3 is 2.62 bits per heavy atom. The average Bonchev–Trinajstić information content (AvgIpc) is 3.27. The van der Waals surface area contributed by atoms with Crippen LogP contribution in [-0.2, 0) is 9.53 Å². The third kappa shape index (κ3) is 3.48. The van der Waals surface area contributed by atoms with E-state index >= 15 is 0 Å². The molecule has 1 aliphatic carbocycles. The number of hydrogen-bond acceptors (Lipinski definition) is 4. The zero-order valence-electron chi connectivity index (χ0n) is 14.3. The summed E-state index contributed by atoms with van der Waals surface area (Å²) in [6.45, 7) is 3.75. The maximum Gasteiger partial charge on any atom is 0.409 e. The minimum absolute atomic E-state index is 0.0918. The first-order chi connectivity index (χ1) is 11.6. The summed E-state index contributed by atoms with van der Waals surface area (Å²) in [5, 5.41) is 11.2. The van der Waals surface area contributed by atoms with Crippen LogP contribution in [0.25, 0.3) is 0 Å². The zero-order chi connectivity index (χ0) is 17.1. The highest BCUT2D eigenvalue weighted by atomic mass is 16.5. The summed E-state index contributed by atoms with van der Waals surface area (Å²) in [5.41, 5.74) is 0. The maximum absolute atomic E-state index is 12.2. The number of ether oxygens (including phenoxy) is 1. The van der Waals surface area contributed by atoms with Gasteiger partial charge >= 0.3 is 6.09 Å². The van der Waals surface area contributed by atoms with Gasteiger partial charge in [-0.1, -0.05) is 0 Å². The van der Waals surface area contributed by atoms with Crippen molar-refractivity contribution < 1.29 is 19.6 Å². The predicted octanol–water partition coefficient (Wildman–Crippen LogP) is -0.211. The Bertz CT molecular complexity index is 518. The number of amides is 2. The first-order valence-electron chi connectivity index (χ1n) is 8.96. The van der Waals surface area contributed by atoms with Crippen LogP contribution < -0.4 is 5.32 Å². The maximum atomic E-state index is 12.2. The van der Waals surface area contributed by atoms with Crippen LogP contribution in [0, 0.1) is 29.1 Å². The summed E-state index contributed by atoms with van der Waals surface area (Å²) in [4.78, 5) is 27.3. The fourth-order valence-corrected chi connectivity index (χ4v) is 4.66. The van der Waals surface area contributed by atoms with Crippen molar-refractivity contribution in [2.45, 2.75) is 31.7 Å². The Morgan fingerprint density at radius 1 is 1.29 bits per heavy atom. The number of carbonyl (C=O) groups is 2. The molecule has 0 radical (unpaired) electrons. The van der Waals surface area contributed by atoms with Crippen LogP contribution in [0.4, 0.5) is 4.79 Å². The second kappa shape index (κ2) is 7.39. The van der Waals surface area contributed by atoms with Crippen molar-refractivity contribution in [3.8, 4) is 6.07 Å². The van der Waals surface area contributed by atoms with Gasteiger partial charge in [-0.05, 0) is 37.5 Å². The highest BCUT2D eigenvalue weighted by Gasteiger charge is 2.43. The van der Waals surface area contributed by atoms with Gasteiger partial charge in [0.15, 0.2) is 6.54 Å². The predicted molar refractivity (Wildman–Crippen MR) is 85.7 cm³/mol. The second-order valence-corrected chi connectivity index (χ2v) is 7.34. The lowest BCUT2D eigenvalue weighted by molar-refractivity contribution is -0.650. The molecule has 7 nitrogen and oxygen atoms in total. The lowest BCUT2D eigenvalue weighted by atomic mass is 10.0. The van der Waals surface area contributed by atoms with Crippen molar-refractivity contribution in [3.63, 3.8) is 0 Å². The van der Waals surface area contributed by atoms with Crippen LogP contribution in [-0.4, -0.2) is 67.7 Å². The van der Waals surface area contributed by atoms with Gasteiger partial charge in [-0.3, -0.25) is 4.79 Å². The van der Waals surface area contributed by atoms with Crippen LogP contribution >= 0.6 is 0 Å². The summed E-state index contributed by atoms with van der Waals surface area (Å²) in [7, 11) is 1.43. The first kappa shape index (κ1) is 17.0. The highest BCUT2D eigenvalue weighted by molar-refractivity contribution is 5.78. The number of quaternary nitrogens is 1. The Kier molecular flexibility index (Phi) is 5.24. The molecule has 2 heterocycles. The Balaban J connectivity index is 1.37. The van der Waals surface area contributed by atoms with E-state index in [4.69, 9.17) is 10.00 Å². The van der Waals surface area contributed by atoms with Gasteiger partial charge in [-0.15, -0.1) is 0 Å². The number of rotatable bonds is 4. The molecule has 7 heteroatoms. The number of likely N-dealkylation sites (tertiary alicyclic amines) is 2. The normalized spacial score (nSPS) is 31.8. The molecular formula is C17H27N4O3+. The molecule has 2 aliphatic heterocycles. The van der Waals surface area contributed by atoms with E-state index in [1.807, 2.05) is 4.90 Å². The van der Waals surface area contributed by atoms with Crippen molar-refractivity contribution in [2.75, 3.05) is 39.8 Å². The summed E-state index contributed by atoms with van der Waals surface area (Å²) in [6, 6.07) is 2.00. The first-order valence-corrected chi connectivity index (χ1v) is 8.96. The Hall–Kier alpha value is -1.81. The van der Waals surface area contributed by atoms with E-state index in [0.717, 1.165) is 51.9 Å². The zero-order valence-corrected chi connectivity index (χ0v) is 14.3. The lowest BCUT2D eigenvalue weighted by Crippen LogP contribution is -2.87. The number of fused-ring (bicyclic) bond motifs is 1. The molecule has 0 spiro atoms. The summed E-state index contributed by atoms with van der Waals surface area (Å²) in [6.07, 6.45) is 3.80. The topological polar surface area (TPSA) is 90.2 Å². The number of nitriles is 1. The molecule has 3 fully saturated rings. The van der Waals surface area contributed by atoms with E-state index < -0.39 is 0 Å². The van der Waals surface area contributed by atoms with Gasteiger partial charge in [0.2, 0.25) is 0 Å². The van der Waals surface area contributed by atoms with Crippen LogP contribution in [0.5, 0.6) is 0 Å². The Morgan fingerprint density at radius 2 is 2.00 bits per heavy atom. The average molecular weight is 335 g/mol. The molecule has 3 atom stereocenters. The van der Waals surface area contributed by atoms with Crippen LogP contribution in [0.15, 0.2) is 0 Å². The molecule has 1 saturated carbocycles. The number of carbonyl (C=O) groups excluding carboxylic acids is 2. The third-order valence-corrected chi connectivity index (χ3v) is 5.82. The van der Waals surface area contributed by atoms with E-state index in [9.17, 15) is 9.59 Å². The van der Waals surface area contributed by atoms with Crippen molar-refractivity contribution in [1.82, 2.24) is 9.80 Å². The lowest BCUT2D eigenvalue weighted by Gasteiger charge is -2.19. The van der Waals surface area contributed by atoms with Gasteiger partial charge in [0.1, 0.15) is 6.04 Å². The van der Waals surface area contributed by atoms with Crippen LogP contribution in [0.2, 0.25) is 0 Å². The molecule has 2 saturated heterocycles. The van der Waals surface area contributed by atoms with Gasteiger partial charge in [0.05, 0.1) is 19.7 Å². The van der Waals surface area contributed by atoms with Gasteiger partial charge in [-0.2, -0.15) is 5.26 Å². The molecule has 0 aromatic carbocycles. The molecule has 3 rings (SSSR count). The van der Waals surface area contributed by atoms with E-state index in [1.54, 1.807) is 4.90 Å². The monoisotopic (exact) mass is 335 g/mol. The van der Waals surface area contributed by atoms with Crippen molar-refractivity contribution >= 4 is 12.0 Å². The molecule has 0 aromatic rings. The fourth-order valence-electron chi connectivity index (χ4n) is 4.66. The molecule has 132 valence electrons. The van der Waals surface area contributed by atoms with E-state index in [1.165, 1.54) is 7.11 Å². The van der Waals surface area contributed by atoms with Gasteiger partial charge in [-0.25, -0.2) is 4.79 Å². The second-order valence-electron chi connectivity index (χ2n) is 7.34. The number of nitrogens with two attached hydrogens (primary N) is 1. The summed E-state index contributed by atoms with van der Waals surface area (Å²) in [5.74, 6) is 1.88. The largest absolute Gasteiger partial charge is 0.453 e. The SMILES string of the molecule is COC(=O)N1CC2CC(C[NH2+]CC(=O)N3CCCC3C#N)CC2C1. The molecule has 0 bridgehead atoms. The van der Waals surface area contributed by atoms with E-state index in [-0.39, 0.29) is 18.0 Å². The van der Waals surface area contributed by atoms with Crippen molar-refractivity contribution in [1.29, 1.82) is 5.26 Å². The van der Waals surface area contributed by atoms with E-state index in [2.05, 4.69) is 11.4 Å². The summed E-state index contributed by atoms with van der Waals surface area (Å²) < 4.78 is 4.80. The van der Waals surface area contributed by atoms with E-state index in [0.29, 0.717) is 24.3 Å². The quantitative estimate of drug-likeness (QED) is 0.770. The number of nitrogens with zero attached hydrogens (tertiary/aromatic N) is 3. The van der Waals surface area contributed by atoms with Crippen LogP contribution in [0.1, 0.15) is 25.7 Å². The standard InChI is InChI=1S/C17H26N4O3/c1-24-17(23)20-10-13-5-12(6-14(13)11-20)8-19-9-16(22)21-4-2-3-15(21)7-18/h12-15,19H,2-6,8-11H2,1H3/p+1. The molecule has 2 N–H and O–H groups in total.